The van der Waals surface area contributed by atoms with Crippen molar-refractivity contribution in [2.24, 2.45) is 0 Å². The van der Waals surface area contributed by atoms with Gasteiger partial charge in [-0.05, 0) is 32.9 Å². The Morgan fingerprint density at radius 3 is 2.65 bits per heavy atom. The monoisotopic (exact) mass is 288 g/mol. The highest BCUT2D eigenvalue weighted by Crippen LogP contribution is 2.31. The molecule has 0 aliphatic carbocycles. The van der Waals surface area contributed by atoms with Crippen LogP contribution in [0.5, 0.6) is 5.75 Å². The maximum Gasteiger partial charge on any atom is 0.133 e. The van der Waals surface area contributed by atoms with Gasteiger partial charge in [0.2, 0.25) is 0 Å². The largest absolute Gasteiger partial charge is 0.490 e. The first kappa shape index (κ1) is 14.7. The summed E-state index contributed by atoms with van der Waals surface area (Å²) in [4.78, 5) is 7.76. The van der Waals surface area contributed by atoms with Gasteiger partial charge in [-0.1, -0.05) is 31.3 Å². The molecule has 1 aromatic carbocycles. The number of aromatic amines is 1. The third-order valence-corrected chi connectivity index (χ3v) is 3.45. The molecule has 0 atom stereocenters. The van der Waals surface area contributed by atoms with Crippen molar-refractivity contribution in [3.05, 3.63) is 40.3 Å². The van der Waals surface area contributed by atoms with E-state index in [4.69, 9.17) is 17.0 Å². The summed E-state index contributed by atoms with van der Waals surface area (Å²) in [7, 11) is 0. The summed E-state index contributed by atoms with van der Waals surface area (Å²) in [6.45, 7) is 8.10. The maximum atomic E-state index is 5.89. The van der Waals surface area contributed by atoms with Gasteiger partial charge in [-0.3, -0.25) is 0 Å². The molecule has 20 heavy (non-hydrogen) atoms. The van der Waals surface area contributed by atoms with Gasteiger partial charge in [-0.2, -0.15) is 0 Å². The van der Waals surface area contributed by atoms with E-state index in [-0.39, 0.29) is 6.10 Å². The Morgan fingerprint density at radius 1 is 1.30 bits per heavy atom. The highest BCUT2D eigenvalue weighted by molar-refractivity contribution is 7.71. The molecule has 0 saturated heterocycles. The van der Waals surface area contributed by atoms with Gasteiger partial charge in [-0.15, -0.1) is 0 Å². The molecular weight excluding hydrogens is 268 g/mol. The van der Waals surface area contributed by atoms with E-state index in [1.165, 1.54) is 0 Å². The minimum Gasteiger partial charge on any atom is -0.490 e. The van der Waals surface area contributed by atoms with E-state index < -0.39 is 0 Å². The third kappa shape index (κ3) is 3.07. The Labute approximate surface area is 125 Å². The molecule has 0 unspecified atom stereocenters. The summed E-state index contributed by atoms with van der Waals surface area (Å²) < 4.78 is 6.54. The number of H-pyrrole nitrogens is 1. The zero-order chi connectivity index (χ0) is 14.7. The van der Waals surface area contributed by atoms with Gasteiger partial charge in [0.15, 0.2) is 0 Å². The number of ether oxygens (including phenoxy) is 1. The van der Waals surface area contributed by atoms with Crippen LogP contribution in [-0.4, -0.2) is 16.1 Å². The molecule has 2 rings (SSSR count). The molecule has 3 nitrogen and oxygen atoms in total. The summed E-state index contributed by atoms with van der Waals surface area (Å²) in [6, 6.07) is 8.01. The zero-order valence-corrected chi connectivity index (χ0v) is 13.2. The Morgan fingerprint density at radius 2 is 2.00 bits per heavy atom. The van der Waals surface area contributed by atoms with Crippen LogP contribution in [0.15, 0.2) is 24.3 Å². The predicted octanol–water partition coefficient (Wildman–Crippen LogP) is 4.46. The molecule has 0 bridgehead atoms. The fraction of sp³-hybridized carbons (Fsp3) is 0.375. The van der Waals surface area contributed by atoms with Crippen LogP contribution in [-0.2, 0) is 6.42 Å². The number of aryl methyl sites for hydroxylation is 1. The molecule has 0 aliphatic heterocycles. The van der Waals surface area contributed by atoms with Crippen LogP contribution in [0.4, 0.5) is 0 Å². The summed E-state index contributed by atoms with van der Waals surface area (Å²) in [5, 5.41) is 0. The topological polar surface area (TPSA) is 37.9 Å². The van der Waals surface area contributed by atoms with Gasteiger partial charge < -0.3 is 9.72 Å². The summed E-state index contributed by atoms with van der Waals surface area (Å²) in [6.07, 6.45) is 0.955. The van der Waals surface area contributed by atoms with Gasteiger partial charge >= 0.3 is 0 Å². The van der Waals surface area contributed by atoms with Crippen LogP contribution >= 0.6 is 12.2 Å². The number of hydrogen-bond donors (Lipinski definition) is 1. The minimum atomic E-state index is 0.131. The summed E-state index contributed by atoms with van der Waals surface area (Å²) in [5.41, 5.74) is 3.01. The highest BCUT2D eigenvalue weighted by Gasteiger charge is 2.12. The lowest BCUT2D eigenvalue weighted by molar-refractivity contribution is 0.243. The molecule has 2 aromatic rings. The average Bonchev–Trinajstić information content (AvgIpc) is 2.42. The first-order valence-corrected chi connectivity index (χ1v) is 7.29. The lowest BCUT2D eigenvalue weighted by atomic mass is 10.1. The first-order chi connectivity index (χ1) is 9.52. The van der Waals surface area contributed by atoms with Crippen molar-refractivity contribution in [2.75, 3.05) is 0 Å². The summed E-state index contributed by atoms with van der Waals surface area (Å²) >= 11 is 5.35. The van der Waals surface area contributed by atoms with Crippen LogP contribution < -0.4 is 4.74 Å². The molecular formula is C16H20N2OS. The zero-order valence-electron chi connectivity index (χ0n) is 12.4. The minimum absolute atomic E-state index is 0.131. The van der Waals surface area contributed by atoms with Crippen molar-refractivity contribution in [2.45, 2.75) is 40.2 Å². The molecule has 1 N–H and O–H groups in total. The molecule has 1 aromatic heterocycles. The van der Waals surface area contributed by atoms with Crippen molar-refractivity contribution in [3.63, 3.8) is 0 Å². The Hall–Kier alpha value is -1.68. The van der Waals surface area contributed by atoms with Crippen molar-refractivity contribution < 1.29 is 4.74 Å². The van der Waals surface area contributed by atoms with Gasteiger partial charge in [0.1, 0.15) is 16.2 Å². The van der Waals surface area contributed by atoms with Crippen molar-refractivity contribution in [3.8, 4) is 17.0 Å². The molecule has 0 radical (unpaired) electrons. The number of benzene rings is 1. The Balaban J connectivity index is 2.62. The number of hydrogen-bond acceptors (Lipinski definition) is 3. The van der Waals surface area contributed by atoms with E-state index in [1.807, 2.05) is 45.0 Å². The van der Waals surface area contributed by atoms with Gasteiger partial charge in [0.05, 0.1) is 11.8 Å². The second-order valence-electron chi connectivity index (χ2n) is 5.00. The molecule has 0 saturated carbocycles. The van der Waals surface area contributed by atoms with E-state index in [1.54, 1.807) is 0 Å². The molecule has 0 amide bonds. The van der Waals surface area contributed by atoms with Crippen LogP contribution in [0.2, 0.25) is 0 Å². The first-order valence-electron chi connectivity index (χ1n) is 6.88. The number of rotatable bonds is 4. The van der Waals surface area contributed by atoms with Crippen molar-refractivity contribution in [1.82, 2.24) is 9.97 Å². The lowest BCUT2D eigenvalue weighted by Gasteiger charge is -2.16. The van der Waals surface area contributed by atoms with Crippen LogP contribution in [0.3, 0.4) is 0 Å². The van der Waals surface area contributed by atoms with Crippen LogP contribution in [0.1, 0.15) is 32.2 Å². The van der Waals surface area contributed by atoms with E-state index in [9.17, 15) is 0 Å². The van der Waals surface area contributed by atoms with Crippen LogP contribution in [0, 0.1) is 11.6 Å². The molecule has 1 heterocycles. The number of aromatic nitrogens is 2. The average molecular weight is 288 g/mol. The quantitative estimate of drug-likeness (QED) is 0.844. The molecule has 106 valence electrons. The second-order valence-corrected chi connectivity index (χ2v) is 5.39. The van der Waals surface area contributed by atoms with E-state index in [2.05, 4.69) is 16.9 Å². The molecule has 0 aliphatic rings. The lowest BCUT2D eigenvalue weighted by Crippen LogP contribution is -2.07. The Bertz CT molecular complexity index is 662. The van der Waals surface area contributed by atoms with E-state index in [0.29, 0.717) is 4.64 Å². The van der Waals surface area contributed by atoms with Gasteiger partial charge in [0, 0.05) is 17.5 Å². The molecule has 0 fully saturated rings. The van der Waals surface area contributed by atoms with Gasteiger partial charge in [-0.25, -0.2) is 4.98 Å². The van der Waals surface area contributed by atoms with E-state index in [0.717, 1.165) is 34.8 Å². The fourth-order valence-corrected chi connectivity index (χ4v) is 2.26. The second kappa shape index (κ2) is 6.18. The highest BCUT2D eigenvalue weighted by atomic mass is 32.1. The fourth-order valence-electron chi connectivity index (χ4n) is 2.05. The SMILES string of the molecule is CCc1nc(=S)c(C)c(-c2ccccc2OC(C)C)[nH]1. The van der Waals surface area contributed by atoms with E-state index >= 15 is 0 Å². The van der Waals surface area contributed by atoms with Crippen molar-refractivity contribution in [1.29, 1.82) is 0 Å². The summed E-state index contributed by atoms with van der Waals surface area (Å²) in [5.74, 6) is 1.76. The molecule has 0 spiro atoms. The number of para-hydroxylation sites is 1. The maximum absolute atomic E-state index is 5.89. The Kier molecular flexibility index (Phi) is 4.55. The third-order valence-electron chi connectivity index (χ3n) is 3.06. The van der Waals surface area contributed by atoms with Crippen LogP contribution in [0.25, 0.3) is 11.3 Å². The molecule has 4 heteroatoms. The number of nitrogens with zero attached hydrogens (tertiary/aromatic N) is 1. The van der Waals surface area contributed by atoms with Gasteiger partial charge in [0.25, 0.3) is 0 Å². The smallest absolute Gasteiger partial charge is 0.133 e. The number of nitrogens with one attached hydrogen (secondary N) is 1. The normalized spacial score (nSPS) is 10.8. The van der Waals surface area contributed by atoms with Crippen molar-refractivity contribution >= 4 is 12.2 Å². The predicted molar refractivity (Wildman–Crippen MR) is 84.7 cm³/mol. The standard InChI is InChI=1S/C16H20N2OS/c1-5-14-17-15(11(4)16(20)18-14)12-8-6-7-9-13(12)19-10(2)3/h6-10H,5H2,1-4H3,(H,17,18,20).